The van der Waals surface area contributed by atoms with Gasteiger partial charge in [-0.3, -0.25) is 0 Å². The summed E-state index contributed by atoms with van der Waals surface area (Å²) in [7, 11) is -2.94. The second kappa shape index (κ2) is 11.6. The van der Waals surface area contributed by atoms with Crippen molar-refractivity contribution in [2.75, 3.05) is 7.11 Å². The molecule has 0 fully saturated rings. The van der Waals surface area contributed by atoms with Gasteiger partial charge in [0.25, 0.3) is 0 Å². The Morgan fingerprint density at radius 3 is 2.22 bits per heavy atom. The summed E-state index contributed by atoms with van der Waals surface area (Å²) in [5, 5.41) is 23.7. The molecule has 1 atom stereocenters. The van der Waals surface area contributed by atoms with E-state index in [4.69, 9.17) is 4.74 Å². The fourth-order valence-corrected chi connectivity index (χ4v) is 7.87. The lowest BCUT2D eigenvalue weighted by atomic mass is 9.92. The Bertz CT molecular complexity index is 1520. The highest BCUT2D eigenvalue weighted by Crippen LogP contribution is 2.45. The van der Waals surface area contributed by atoms with Crippen LogP contribution in [0.3, 0.4) is 0 Å². The molecule has 5 nitrogen and oxygen atoms in total. The van der Waals surface area contributed by atoms with Crippen LogP contribution in [0.15, 0.2) is 77.7 Å². The smallest absolute Gasteiger partial charge is 0.199 e. The van der Waals surface area contributed by atoms with Gasteiger partial charge in [-0.15, -0.1) is 0 Å². The first-order valence-electron chi connectivity index (χ1n) is 11.6. The zero-order chi connectivity index (χ0) is 26.5. The number of aryl methyl sites for hydroxylation is 1. The molecule has 4 aromatic carbocycles. The third-order valence-electron chi connectivity index (χ3n) is 5.66. The minimum Gasteiger partial charge on any atom is -0.507 e. The third kappa shape index (κ3) is 5.25. The summed E-state index contributed by atoms with van der Waals surface area (Å²) in [5.74, 6) is 0.279. The predicted molar refractivity (Wildman–Crippen MR) is 152 cm³/mol. The van der Waals surface area contributed by atoms with Gasteiger partial charge in [0.1, 0.15) is 22.1 Å². The van der Waals surface area contributed by atoms with Crippen LogP contribution in [0.4, 0.5) is 0 Å². The number of aromatic hydroxyl groups is 2. The van der Waals surface area contributed by atoms with Gasteiger partial charge in [0.2, 0.25) is 0 Å². The van der Waals surface area contributed by atoms with E-state index in [9.17, 15) is 18.6 Å². The van der Waals surface area contributed by atoms with Crippen molar-refractivity contribution < 1.29 is 23.4 Å². The number of phenolic OH excluding ortho intramolecular Hbond substituents is 2. The number of para-hydroxylation sites is 1. The second-order valence-electron chi connectivity index (χ2n) is 7.81. The zero-order valence-electron chi connectivity index (χ0n) is 21.0. The SMILES string of the molecule is C/C=C\c1c(C)ccc(O)c1-c1cc(PS(=O)(=O)c2ccccc2OC)c2ccccc2c1O.CC. The van der Waals surface area contributed by atoms with Gasteiger partial charge in [0.05, 0.1) is 7.11 Å². The fraction of sp³-hybridized carbons (Fsp3) is 0.172. The lowest BCUT2D eigenvalue weighted by Gasteiger charge is -2.18. The molecule has 0 saturated carbocycles. The van der Waals surface area contributed by atoms with Crippen LogP contribution < -0.4 is 10.0 Å². The Kier molecular flexibility index (Phi) is 8.78. The molecule has 0 aliphatic rings. The first-order valence-corrected chi connectivity index (χ1v) is 14.9. The van der Waals surface area contributed by atoms with Crippen LogP contribution in [0, 0.1) is 6.92 Å². The van der Waals surface area contributed by atoms with E-state index in [0.717, 1.165) is 11.1 Å². The van der Waals surface area contributed by atoms with Gasteiger partial charge in [-0.2, -0.15) is 0 Å². The molecular weight excluding hydrogens is 491 g/mol. The predicted octanol–water partition coefficient (Wildman–Crippen LogP) is 6.99. The van der Waals surface area contributed by atoms with Crippen molar-refractivity contribution in [3.05, 3.63) is 83.9 Å². The average Bonchev–Trinajstić information content (AvgIpc) is 2.89. The van der Waals surface area contributed by atoms with Crippen LogP contribution in [0.5, 0.6) is 17.2 Å². The van der Waals surface area contributed by atoms with Crippen LogP contribution in [0.1, 0.15) is 31.9 Å². The number of allylic oxidation sites excluding steroid dienone is 1. The van der Waals surface area contributed by atoms with Crippen LogP contribution in [0.25, 0.3) is 28.0 Å². The lowest BCUT2D eigenvalue weighted by Crippen LogP contribution is -2.06. The van der Waals surface area contributed by atoms with Crippen molar-refractivity contribution in [2.24, 2.45) is 0 Å². The Morgan fingerprint density at radius 2 is 1.56 bits per heavy atom. The minimum atomic E-state index is -3.75. The van der Waals surface area contributed by atoms with Crippen molar-refractivity contribution in [3.8, 4) is 28.4 Å². The Balaban J connectivity index is 0.00000176. The van der Waals surface area contributed by atoms with Gasteiger partial charge in [0, 0.05) is 24.3 Å². The maximum Gasteiger partial charge on any atom is 0.199 e. The first kappa shape index (κ1) is 27.3. The molecule has 1 unspecified atom stereocenters. The lowest BCUT2D eigenvalue weighted by molar-refractivity contribution is 0.403. The van der Waals surface area contributed by atoms with Gasteiger partial charge in [-0.1, -0.05) is 68.5 Å². The molecule has 0 bridgehead atoms. The Hall–Kier alpha value is -3.34. The number of ether oxygens (including phenoxy) is 1. The van der Waals surface area contributed by atoms with Gasteiger partial charge in [0.15, 0.2) is 9.46 Å². The standard InChI is InChI=1S/C27H25O5PS.C2H6/c1-4-9-18-17(2)14-15-22(28)26(18)21-16-24(19-10-5-6-11-20(19)27(21)29)33-34(30,31)25-13-8-7-12-23(25)32-3;1-2/h4-16,28-29,33H,1-3H3;1-2H3/b9-4-;. The van der Waals surface area contributed by atoms with Gasteiger partial charge in [-0.25, -0.2) is 8.42 Å². The van der Waals surface area contributed by atoms with E-state index in [1.54, 1.807) is 60.7 Å². The van der Waals surface area contributed by atoms with Gasteiger partial charge >= 0.3 is 0 Å². The zero-order valence-corrected chi connectivity index (χ0v) is 22.8. The summed E-state index contributed by atoms with van der Waals surface area (Å²) in [6.07, 6.45) is 3.73. The van der Waals surface area contributed by atoms with E-state index in [1.165, 1.54) is 13.2 Å². The summed E-state index contributed by atoms with van der Waals surface area (Å²) >= 11 is 0. The molecular formula is C29H31O5PS. The molecule has 2 N–H and O–H groups in total. The van der Waals surface area contributed by atoms with Crippen LogP contribution in [-0.4, -0.2) is 25.7 Å². The van der Waals surface area contributed by atoms with E-state index >= 15 is 0 Å². The average molecular weight is 523 g/mol. The van der Waals surface area contributed by atoms with Crippen molar-refractivity contribution in [3.63, 3.8) is 0 Å². The van der Waals surface area contributed by atoms with Crippen molar-refractivity contribution in [1.29, 1.82) is 0 Å². The van der Waals surface area contributed by atoms with E-state index in [0.29, 0.717) is 27.2 Å². The first-order chi connectivity index (χ1) is 17.3. The molecule has 0 aliphatic carbocycles. The Morgan fingerprint density at radius 1 is 0.917 bits per heavy atom. The number of phenols is 2. The molecule has 0 heterocycles. The maximum absolute atomic E-state index is 13.5. The van der Waals surface area contributed by atoms with E-state index in [1.807, 2.05) is 39.8 Å². The quantitative estimate of drug-likeness (QED) is 0.267. The summed E-state index contributed by atoms with van der Waals surface area (Å²) in [6.45, 7) is 7.80. The number of methoxy groups -OCH3 is 1. The number of hydrogen-bond donors (Lipinski definition) is 2. The number of hydrogen-bond acceptors (Lipinski definition) is 5. The molecule has 4 rings (SSSR count). The molecule has 0 saturated heterocycles. The van der Waals surface area contributed by atoms with Crippen molar-refractivity contribution in [2.45, 2.75) is 32.6 Å². The highest BCUT2D eigenvalue weighted by atomic mass is 32.8. The van der Waals surface area contributed by atoms with E-state index < -0.39 is 17.2 Å². The molecule has 0 aliphatic heterocycles. The summed E-state index contributed by atoms with van der Waals surface area (Å²) in [6, 6.07) is 18.7. The van der Waals surface area contributed by atoms with Crippen LogP contribution >= 0.6 is 7.78 Å². The van der Waals surface area contributed by atoms with Crippen LogP contribution in [-0.2, 0) is 9.46 Å². The summed E-state index contributed by atoms with van der Waals surface area (Å²) in [5.41, 5.74) is 2.52. The highest BCUT2D eigenvalue weighted by molar-refractivity contribution is 8.45. The second-order valence-corrected chi connectivity index (χ2v) is 12.2. The molecule has 0 radical (unpaired) electrons. The Labute approximate surface area is 214 Å². The summed E-state index contributed by atoms with van der Waals surface area (Å²) < 4.78 is 32.2. The van der Waals surface area contributed by atoms with Crippen molar-refractivity contribution >= 4 is 39.4 Å². The highest BCUT2D eigenvalue weighted by Gasteiger charge is 2.24. The normalized spacial score (nSPS) is 11.7. The molecule has 0 aromatic heterocycles. The monoisotopic (exact) mass is 522 g/mol. The van der Waals surface area contributed by atoms with Gasteiger partial charge in [-0.05, 0) is 59.9 Å². The largest absolute Gasteiger partial charge is 0.507 e. The van der Waals surface area contributed by atoms with Gasteiger partial charge < -0.3 is 14.9 Å². The van der Waals surface area contributed by atoms with Crippen molar-refractivity contribution in [1.82, 2.24) is 0 Å². The number of rotatable bonds is 6. The molecule has 7 heteroatoms. The molecule has 0 spiro atoms. The minimum absolute atomic E-state index is 0.00569. The molecule has 0 amide bonds. The molecule has 4 aromatic rings. The van der Waals surface area contributed by atoms with Crippen LogP contribution in [0.2, 0.25) is 0 Å². The number of benzene rings is 4. The summed E-state index contributed by atoms with van der Waals surface area (Å²) in [4.78, 5) is 0.113. The van der Waals surface area contributed by atoms with E-state index in [-0.39, 0.29) is 22.1 Å². The molecule has 188 valence electrons. The molecule has 36 heavy (non-hydrogen) atoms. The number of fused-ring (bicyclic) bond motifs is 1. The topological polar surface area (TPSA) is 83.8 Å². The third-order valence-corrected chi connectivity index (χ3v) is 9.61. The van der Waals surface area contributed by atoms with E-state index in [2.05, 4.69) is 0 Å². The maximum atomic E-state index is 13.5. The fourth-order valence-electron chi connectivity index (χ4n) is 4.05.